The molecule has 2 nitrogen and oxygen atoms in total. The van der Waals surface area contributed by atoms with E-state index in [1.165, 1.54) is 64.8 Å². The Hall–Kier alpha value is -0.0800. The van der Waals surface area contributed by atoms with E-state index in [4.69, 9.17) is 0 Å². The van der Waals surface area contributed by atoms with E-state index >= 15 is 0 Å². The fourth-order valence-corrected chi connectivity index (χ4v) is 2.21. The first-order valence-electron chi connectivity index (χ1n) is 6.76. The molecule has 0 bridgehead atoms. The molecule has 0 amide bonds. The fraction of sp³-hybridized carbons (Fsp3) is 1.00. The third-order valence-electron chi connectivity index (χ3n) is 3.42. The van der Waals surface area contributed by atoms with Crippen molar-refractivity contribution < 1.29 is 0 Å². The van der Waals surface area contributed by atoms with E-state index in [0.29, 0.717) is 0 Å². The van der Waals surface area contributed by atoms with E-state index in [2.05, 4.69) is 24.1 Å². The average molecular weight is 212 g/mol. The molecule has 1 fully saturated rings. The number of unbranched alkanes of at least 4 members (excludes halogenated alkanes) is 1. The Morgan fingerprint density at radius 1 is 1.20 bits per heavy atom. The highest BCUT2D eigenvalue weighted by Crippen LogP contribution is 2.15. The minimum absolute atomic E-state index is 0.947. The third-order valence-corrected chi connectivity index (χ3v) is 3.42. The van der Waals surface area contributed by atoms with Gasteiger partial charge in [0.15, 0.2) is 0 Å². The van der Waals surface area contributed by atoms with Crippen molar-refractivity contribution in [3.63, 3.8) is 0 Å². The van der Waals surface area contributed by atoms with Crippen molar-refractivity contribution in [2.24, 2.45) is 5.92 Å². The van der Waals surface area contributed by atoms with E-state index in [1.807, 2.05) is 0 Å². The number of rotatable bonds is 6. The SMILES string of the molecule is CCCCNCCN1CCCC(C)CC1. The van der Waals surface area contributed by atoms with Gasteiger partial charge < -0.3 is 10.2 Å². The van der Waals surface area contributed by atoms with Crippen LogP contribution in [0.1, 0.15) is 46.0 Å². The van der Waals surface area contributed by atoms with Crippen LogP contribution in [0.5, 0.6) is 0 Å². The van der Waals surface area contributed by atoms with Crippen LogP contribution in [0.3, 0.4) is 0 Å². The third kappa shape index (κ3) is 6.16. The number of nitrogens with zero attached hydrogens (tertiary/aromatic N) is 1. The predicted octanol–water partition coefficient (Wildman–Crippen LogP) is 2.50. The molecule has 1 heterocycles. The van der Waals surface area contributed by atoms with Gasteiger partial charge in [-0.05, 0) is 51.2 Å². The van der Waals surface area contributed by atoms with Crippen LogP contribution in [0.2, 0.25) is 0 Å². The molecule has 1 aliphatic rings. The molecule has 0 spiro atoms. The highest BCUT2D eigenvalue weighted by Gasteiger charge is 2.12. The van der Waals surface area contributed by atoms with E-state index in [9.17, 15) is 0 Å². The summed E-state index contributed by atoms with van der Waals surface area (Å²) in [7, 11) is 0. The lowest BCUT2D eigenvalue weighted by Gasteiger charge is -2.19. The van der Waals surface area contributed by atoms with Gasteiger partial charge in [0.1, 0.15) is 0 Å². The van der Waals surface area contributed by atoms with Crippen LogP contribution in [0.4, 0.5) is 0 Å². The first-order valence-corrected chi connectivity index (χ1v) is 6.76. The first-order chi connectivity index (χ1) is 7.33. The summed E-state index contributed by atoms with van der Waals surface area (Å²) in [5.74, 6) is 0.947. The van der Waals surface area contributed by atoms with Crippen molar-refractivity contribution in [3.05, 3.63) is 0 Å². The minimum Gasteiger partial charge on any atom is -0.315 e. The van der Waals surface area contributed by atoms with Crippen molar-refractivity contribution in [1.82, 2.24) is 10.2 Å². The quantitative estimate of drug-likeness (QED) is 0.681. The van der Waals surface area contributed by atoms with Gasteiger partial charge in [-0.2, -0.15) is 0 Å². The Balaban J connectivity index is 2.00. The molecule has 0 aromatic carbocycles. The number of likely N-dealkylation sites (tertiary alicyclic amines) is 1. The van der Waals surface area contributed by atoms with Crippen molar-refractivity contribution in [1.29, 1.82) is 0 Å². The zero-order chi connectivity index (χ0) is 10.9. The van der Waals surface area contributed by atoms with E-state index in [0.717, 1.165) is 5.92 Å². The predicted molar refractivity (Wildman–Crippen MR) is 67.2 cm³/mol. The second kappa shape index (κ2) is 8.12. The highest BCUT2D eigenvalue weighted by atomic mass is 15.1. The van der Waals surface area contributed by atoms with Gasteiger partial charge in [-0.3, -0.25) is 0 Å². The molecule has 0 aliphatic carbocycles. The minimum atomic E-state index is 0.947. The summed E-state index contributed by atoms with van der Waals surface area (Å²) in [4.78, 5) is 2.63. The molecule has 1 N–H and O–H groups in total. The van der Waals surface area contributed by atoms with Crippen molar-refractivity contribution >= 4 is 0 Å². The molecular formula is C13H28N2. The summed E-state index contributed by atoms with van der Waals surface area (Å²) in [6.45, 7) is 10.9. The normalized spacial score (nSPS) is 24.0. The number of nitrogens with one attached hydrogen (secondary N) is 1. The summed E-state index contributed by atoms with van der Waals surface area (Å²) < 4.78 is 0. The van der Waals surface area contributed by atoms with Gasteiger partial charge in [0.05, 0.1) is 0 Å². The van der Waals surface area contributed by atoms with Crippen molar-refractivity contribution in [2.75, 3.05) is 32.7 Å². The van der Waals surface area contributed by atoms with E-state index in [1.54, 1.807) is 0 Å². The van der Waals surface area contributed by atoms with Crippen LogP contribution in [-0.4, -0.2) is 37.6 Å². The average Bonchev–Trinajstić information content (AvgIpc) is 2.43. The molecule has 1 aliphatic heterocycles. The van der Waals surface area contributed by atoms with Crippen LogP contribution in [0.25, 0.3) is 0 Å². The lowest BCUT2D eigenvalue weighted by atomic mass is 10.0. The molecule has 0 aromatic rings. The van der Waals surface area contributed by atoms with Gasteiger partial charge in [-0.1, -0.05) is 20.3 Å². The molecule has 0 radical (unpaired) electrons. The second-order valence-corrected chi connectivity index (χ2v) is 4.98. The number of hydrogen-bond donors (Lipinski definition) is 1. The van der Waals surface area contributed by atoms with Crippen LogP contribution < -0.4 is 5.32 Å². The molecular weight excluding hydrogens is 184 g/mol. The topological polar surface area (TPSA) is 15.3 Å². The zero-order valence-electron chi connectivity index (χ0n) is 10.6. The molecule has 1 atom stereocenters. The summed E-state index contributed by atoms with van der Waals surface area (Å²) in [5.41, 5.74) is 0. The van der Waals surface area contributed by atoms with Gasteiger partial charge in [0, 0.05) is 13.1 Å². The van der Waals surface area contributed by atoms with Crippen LogP contribution >= 0.6 is 0 Å². The standard InChI is InChI=1S/C13H28N2/c1-3-4-8-14-9-12-15-10-5-6-13(2)7-11-15/h13-14H,3-12H2,1-2H3. The van der Waals surface area contributed by atoms with E-state index < -0.39 is 0 Å². The van der Waals surface area contributed by atoms with E-state index in [-0.39, 0.29) is 0 Å². The van der Waals surface area contributed by atoms with Crippen LogP contribution in [-0.2, 0) is 0 Å². The summed E-state index contributed by atoms with van der Waals surface area (Å²) in [5, 5.41) is 3.52. The Morgan fingerprint density at radius 2 is 2.07 bits per heavy atom. The van der Waals surface area contributed by atoms with Gasteiger partial charge in [-0.25, -0.2) is 0 Å². The van der Waals surface area contributed by atoms with Crippen molar-refractivity contribution in [3.8, 4) is 0 Å². The monoisotopic (exact) mass is 212 g/mol. The molecule has 1 saturated heterocycles. The largest absolute Gasteiger partial charge is 0.315 e. The molecule has 15 heavy (non-hydrogen) atoms. The first kappa shape index (κ1) is 13.0. The summed E-state index contributed by atoms with van der Waals surface area (Å²) >= 11 is 0. The molecule has 2 heteroatoms. The van der Waals surface area contributed by atoms with Gasteiger partial charge in [0.25, 0.3) is 0 Å². The highest BCUT2D eigenvalue weighted by molar-refractivity contribution is 4.68. The van der Waals surface area contributed by atoms with Crippen LogP contribution in [0.15, 0.2) is 0 Å². The van der Waals surface area contributed by atoms with Gasteiger partial charge in [0.2, 0.25) is 0 Å². The molecule has 1 rings (SSSR count). The number of hydrogen-bond acceptors (Lipinski definition) is 2. The Morgan fingerprint density at radius 3 is 2.87 bits per heavy atom. The molecule has 0 saturated carbocycles. The summed E-state index contributed by atoms with van der Waals surface area (Å²) in [6.07, 6.45) is 6.84. The van der Waals surface area contributed by atoms with Crippen LogP contribution in [0, 0.1) is 5.92 Å². The lowest BCUT2D eigenvalue weighted by molar-refractivity contribution is 0.281. The maximum Gasteiger partial charge on any atom is 0.0107 e. The van der Waals surface area contributed by atoms with Gasteiger partial charge in [-0.15, -0.1) is 0 Å². The zero-order valence-corrected chi connectivity index (χ0v) is 10.6. The second-order valence-electron chi connectivity index (χ2n) is 4.98. The maximum absolute atomic E-state index is 3.52. The molecule has 0 aromatic heterocycles. The Labute approximate surface area is 95.4 Å². The lowest BCUT2D eigenvalue weighted by Crippen LogP contribution is -2.33. The Kier molecular flexibility index (Phi) is 7.03. The van der Waals surface area contributed by atoms with Gasteiger partial charge >= 0.3 is 0 Å². The fourth-order valence-electron chi connectivity index (χ4n) is 2.21. The maximum atomic E-state index is 3.52. The molecule has 90 valence electrons. The van der Waals surface area contributed by atoms with Crippen molar-refractivity contribution in [2.45, 2.75) is 46.0 Å². The summed E-state index contributed by atoms with van der Waals surface area (Å²) in [6, 6.07) is 0. The smallest absolute Gasteiger partial charge is 0.0107 e. The Bertz CT molecular complexity index is 147. The molecule has 1 unspecified atom stereocenters.